The first-order chi connectivity index (χ1) is 8.97. The number of likely N-dealkylation sites (tertiary alicyclic amines) is 1. The fraction of sp³-hybridized carbons (Fsp3) is 0.714. The fourth-order valence-electron chi connectivity index (χ4n) is 3.09. The molecule has 5 nitrogen and oxygen atoms in total. The summed E-state index contributed by atoms with van der Waals surface area (Å²) in [5.74, 6) is 0.560. The van der Waals surface area contributed by atoms with E-state index in [-0.39, 0.29) is 11.9 Å². The molecule has 1 aromatic heterocycles. The second-order valence-electron chi connectivity index (χ2n) is 5.59. The van der Waals surface area contributed by atoms with Gasteiger partial charge in [0.05, 0.1) is 11.3 Å². The van der Waals surface area contributed by atoms with Crippen molar-refractivity contribution < 1.29 is 4.79 Å². The molecule has 2 heterocycles. The fourth-order valence-corrected chi connectivity index (χ4v) is 3.09. The normalized spacial score (nSPS) is 23.7. The van der Waals surface area contributed by atoms with E-state index in [4.69, 9.17) is 5.73 Å². The van der Waals surface area contributed by atoms with Crippen LogP contribution in [-0.2, 0) is 7.05 Å². The van der Waals surface area contributed by atoms with Crippen molar-refractivity contribution >= 4 is 5.91 Å². The number of nitrogens with zero attached hydrogens (tertiary/aromatic N) is 3. The van der Waals surface area contributed by atoms with E-state index < -0.39 is 0 Å². The van der Waals surface area contributed by atoms with E-state index in [2.05, 4.69) is 12.0 Å². The van der Waals surface area contributed by atoms with Crippen molar-refractivity contribution in [3.05, 3.63) is 17.0 Å². The average molecular weight is 264 g/mol. The Balaban J connectivity index is 2.32. The third kappa shape index (κ3) is 2.39. The lowest BCUT2D eigenvalue weighted by molar-refractivity contribution is 0.0531. The number of rotatable bonds is 2. The van der Waals surface area contributed by atoms with Crippen LogP contribution >= 0.6 is 0 Å². The number of nitrogens with two attached hydrogens (primary N) is 1. The van der Waals surface area contributed by atoms with Gasteiger partial charge in [-0.25, -0.2) is 0 Å². The van der Waals surface area contributed by atoms with Crippen LogP contribution in [0.2, 0.25) is 0 Å². The zero-order valence-electron chi connectivity index (χ0n) is 12.3. The molecule has 5 heteroatoms. The van der Waals surface area contributed by atoms with Gasteiger partial charge in [-0.05, 0) is 32.6 Å². The number of aromatic nitrogens is 2. The van der Waals surface area contributed by atoms with E-state index in [1.807, 2.05) is 25.8 Å². The summed E-state index contributed by atoms with van der Waals surface area (Å²) in [6.07, 6.45) is 2.21. The van der Waals surface area contributed by atoms with E-state index in [0.29, 0.717) is 12.5 Å². The van der Waals surface area contributed by atoms with Crippen LogP contribution in [-0.4, -0.2) is 39.7 Å². The number of carbonyl (C=O) groups is 1. The minimum Gasteiger partial charge on any atom is -0.334 e. The molecule has 0 aromatic carbocycles. The Bertz CT molecular complexity index is 480. The molecule has 2 rings (SSSR count). The summed E-state index contributed by atoms with van der Waals surface area (Å²) in [5, 5.41) is 4.33. The third-order valence-corrected chi connectivity index (χ3v) is 4.34. The van der Waals surface area contributed by atoms with Crippen LogP contribution in [0.4, 0.5) is 0 Å². The monoisotopic (exact) mass is 264 g/mol. The Morgan fingerprint density at radius 3 is 2.68 bits per heavy atom. The molecule has 0 bridgehead atoms. The number of amides is 1. The molecule has 1 fully saturated rings. The quantitative estimate of drug-likeness (QED) is 0.874. The maximum atomic E-state index is 12.8. The molecule has 19 heavy (non-hydrogen) atoms. The van der Waals surface area contributed by atoms with Crippen molar-refractivity contribution in [2.75, 3.05) is 13.1 Å². The highest BCUT2D eigenvalue weighted by atomic mass is 16.2. The molecule has 1 aromatic rings. The standard InChI is InChI=1S/C14H24N4O/c1-9-6-5-7-18(12(9)8-15)14(19)13-10(2)16-17(4)11(13)3/h9,12H,5-8,15H2,1-4H3. The summed E-state index contributed by atoms with van der Waals surface area (Å²) in [6, 6.07) is 0.153. The summed E-state index contributed by atoms with van der Waals surface area (Å²) >= 11 is 0. The lowest BCUT2D eigenvalue weighted by atomic mass is 9.90. The first kappa shape index (κ1) is 14.1. The van der Waals surface area contributed by atoms with E-state index in [1.165, 1.54) is 0 Å². The Morgan fingerprint density at radius 2 is 2.16 bits per heavy atom. The van der Waals surface area contributed by atoms with Crippen molar-refractivity contribution in [3.8, 4) is 0 Å². The summed E-state index contributed by atoms with van der Waals surface area (Å²) in [4.78, 5) is 14.7. The van der Waals surface area contributed by atoms with Gasteiger partial charge >= 0.3 is 0 Å². The first-order valence-electron chi connectivity index (χ1n) is 6.98. The van der Waals surface area contributed by atoms with Gasteiger partial charge in [0.1, 0.15) is 0 Å². The van der Waals surface area contributed by atoms with Crippen molar-refractivity contribution in [1.29, 1.82) is 0 Å². The zero-order valence-corrected chi connectivity index (χ0v) is 12.3. The maximum absolute atomic E-state index is 12.8. The summed E-state index contributed by atoms with van der Waals surface area (Å²) < 4.78 is 1.77. The average Bonchev–Trinajstić information content (AvgIpc) is 2.62. The van der Waals surface area contributed by atoms with E-state index in [9.17, 15) is 4.79 Å². The largest absolute Gasteiger partial charge is 0.334 e. The van der Waals surface area contributed by atoms with E-state index in [1.54, 1.807) is 4.68 Å². The molecule has 1 saturated heterocycles. The molecule has 1 amide bonds. The Hall–Kier alpha value is -1.36. The van der Waals surface area contributed by atoms with Crippen LogP contribution in [0, 0.1) is 19.8 Å². The highest BCUT2D eigenvalue weighted by Gasteiger charge is 2.33. The predicted molar refractivity (Wildman–Crippen MR) is 75.0 cm³/mol. The van der Waals surface area contributed by atoms with Gasteiger partial charge in [0.25, 0.3) is 5.91 Å². The van der Waals surface area contributed by atoms with Gasteiger partial charge in [-0.2, -0.15) is 5.10 Å². The second-order valence-corrected chi connectivity index (χ2v) is 5.59. The number of carbonyl (C=O) groups excluding carboxylic acids is 1. The molecule has 1 aliphatic heterocycles. The Morgan fingerprint density at radius 1 is 1.47 bits per heavy atom. The predicted octanol–water partition coefficient (Wildman–Crippen LogP) is 1.24. The van der Waals surface area contributed by atoms with Gasteiger partial charge in [0.15, 0.2) is 0 Å². The van der Waals surface area contributed by atoms with Crippen LogP contribution in [0.1, 0.15) is 41.5 Å². The minimum atomic E-state index is 0.0881. The minimum absolute atomic E-state index is 0.0881. The van der Waals surface area contributed by atoms with Crippen molar-refractivity contribution in [1.82, 2.24) is 14.7 Å². The third-order valence-electron chi connectivity index (χ3n) is 4.34. The van der Waals surface area contributed by atoms with Gasteiger partial charge in [0, 0.05) is 31.9 Å². The number of piperidine rings is 1. The highest BCUT2D eigenvalue weighted by molar-refractivity contribution is 5.96. The molecule has 2 unspecified atom stereocenters. The van der Waals surface area contributed by atoms with Crippen LogP contribution < -0.4 is 5.73 Å². The first-order valence-corrected chi connectivity index (χ1v) is 6.98. The SMILES string of the molecule is Cc1nn(C)c(C)c1C(=O)N1CCCC(C)C1CN. The number of aryl methyl sites for hydroxylation is 2. The molecule has 106 valence electrons. The van der Waals surface area contributed by atoms with Crippen LogP contribution in [0.3, 0.4) is 0 Å². The van der Waals surface area contributed by atoms with Crippen molar-refractivity contribution in [3.63, 3.8) is 0 Å². The lowest BCUT2D eigenvalue weighted by Crippen LogP contribution is -2.51. The summed E-state index contributed by atoms with van der Waals surface area (Å²) in [6.45, 7) is 7.35. The molecule has 0 saturated carbocycles. The van der Waals surface area contributed by atoms with Gasteiger partial charge in [-0.3, -0.25) is 9.48 Å². The van der Waals surface area contributed by atoms with Crippen LogP contribution in [0.25, 0.3) is 0 Å². The Kier molecular flexibility index (Phi) is 3.94. The van der Waals surface area contributed by atoms with Gasteiger partial charge < -0.3 is 10.6 Å². The van der Waals surface area contributed by atoms with E-state index in [0.717, 1.165) is 36.3 Å². The van der Waals surface area contributed by atoms with Gasteiger partial charge in [-0.15, -0.1) is 0 Å². The smallest absolute Gasteiger partial charge is 0.257 e. The molecule has 2 N–H and O–H groups in total. The molecule has 2 atom stereocenters. The molecular weight excluding hydrogens is 240 g/mol. The molecule has 1 aliphatic rings. The van der Waals surface area contributed by atoms with Crippen LogP contribution in [0.15, 0.2) is 0 Å². The lowest BCUT2D eigenvalue weighted by Gasteiger charge is -2.39. The molecule has 0 radical (unpaired) electrons. The molecule has 0 aliphatic carbocycles. The molecular formula is C14H24N4O. The Labute approximate surface area is 114 Å². The molecule has 0 spiro atoms. The van der Waals surface area contributed by atoms with Gasteiger partial charge in [0.2, 0.25) is 0 Å². The highest BCUT2D eigenvalue weighted by Crippen LogP contribution is 2.26. The van der Waals surface area contributed by atoms with Crippen molar-refractivity contribution in [2.45, 2.75) is 39.7 Å². The summed E-state index contributed by atoms with van der Waals surface area (Å²) in [7, 11) is 1.87. The summed E-state index contributed by atoms with van der Waals surface area (Å²) in [5.41, 5.74) is 8.34. The van der Waals surface area contributed by atoms with Crippen LogP contribution in [0.5, 0.6) is 0 Å². The topological polar surface area (TPSA) is 64.2 Å². The number of hydrogen-bond donors (Lipinski definition) is 1. The van der Waals surface area contributed by atoms with Gasteiger partial charge in [-0.1, -0.05) is 6.92 Å². The maximum Gasteiger partial charge on any atom is 0.257 e. The second kappa shape index (κ2) is 5.33. The zero-order chi connectivity index (χ0) is 14.2. The number of hydrogen-bond acceptors (Lipinski definition) is 3. The van der Waals surface area contributed by atoms with Crippen molar-refractivity contribution in [2.24, 2.45) is 18.7 Å². The van der Waals surface area contributed by atoms with E-state index >= 15 is 0 Å².